The number of carbonyl (C=O) groups is 1. The number of rotatable bonds is 6. The molecule has 0 saturated heterocycles. The van der Waals surface area contributed by atoms with Gasteiger partial charge in [0.1, 0.15) is 28.5 Å². The van der Waals surface area contributed by atoms with Crippen LogP contribution in [-0.4, -0.2) is 21.6 Å². The summed E-state index contributed by atoms with van der Waals surface area (Å²) in [6.45, 7) is 0. The van der Waals surface area contributed by atoms with Gasteiger partial charge in [-0.2, -0.15) is 21.9 Å². The Morgan fingerprint density at radius 3 is 2.61 bits per heavy atom. The molecular formula is C19H14N6OS2. The number of pyridine rings is 2. The lowest BCUT2D eigenvalue weighted by Crippen LogP contribution is -2.12. The van der Waals surface area contributed by atoms with Crippen LogP contribution in [0, 0.1) is 22.7 Å². The fourth-order valence-corrected chi connectivity index (χ4v) is 4.08. The van der Waals surface area contributed by atoms with E-state index in [9.17, 15) is 15.3 Å². The van der Waals surface area contributed by atoms with E-state index in [0.717, 1.165) is 5.56 Å². The molecule has 0 aliphatic carbocycles. The smallest absolute Gasteiger partial charge is 0.225 e. The van der Waals surface area contributed by atoms with Crippen LogP contribution in [-0.2, 0) is 4.79 Å². The molecule has 3 rings (SSSR count). The number of nitrogens with one attached hydrogen (secondary N) is 1. The van der Waals surface area contributed by atoms with Gasteiger partial charge in [0.2, 0.25) is 5.91 Å². The van der Waals surface area contributed by atoms with Crippen LogP contribution in [0.1, 0.15) is 17.5 Å². The highest BCUT2D eigenvalue weighted by molar-refractivity contribution is 7.99. The number of aromatic nitrogens is 2. The number of carbonyl (C=O) groups excluding carboxylic acids is 1. The maximum atomic E-state index is 12.1. The van der Waals surface area contributed by atoms with Crippen molar-refractivity contribution in [2.75, 3.05) is 16.8 Å². The molecule has 0 aliphatic rings. The molecule has 0 saturated carbocycles. The number of thiophene rings is 1. The Morgan fingerprint density at radius 1 is 1.21 bits per heavy atom. The summed E-state index contributed by atoms with van der Waals surface area (Å²) in [4.78, 5) is 20.2. The highest BCUT2D eigenvalue weighted by Crippen LogP contribution is 2.36. The van der Waals surface area contributed by atoms with Gasteiger partial charge in [-0.3, -0.25) is 9.78 Å². The predicted molar refractivity (Wildman–Crippen MR) is 110 cm³/mol. The van der Waals surface area contributed by atoms with Crippen LogP contribution in [0.25, 0.3) is 11.1 Å². The first kappa shape index (κ1) is 19.4. The average molecular weight is 406 g/mol. The van der Waals surface area contributed by atoms with Crippen molar-refractivity contribution in [3.8, 4) is 23.3 Å². The molecule has 0 radical (unpaired) electrons. The Bertz CT molecular complexity index is 1070. The third kappa shape index (κ3) is 4.29. The minimum atomic E-state index is -0.156. The number of thioether (sulfide) groups is 1. The van der Waals surface area contributed by atoms with E-state index in [1.807, 2.05) is 22.9 Å². The Labute approximate surface area is 169 Å². The number of anilines is 2. The third-order valence-corrected chi connectivity index (χ3v) is 5.42. The van der Waals surface area contributed by atoms with Gasteiger partial charge in [-0.05, 0) is 34.5 Å². The molecule has 3 N–H and O–H groups in total. The van der Waals surface area contributed by atoms with E-state index < -0.39 is 0 Å². The first-order valence-corrected chi connectivity index (χ1v) is 10.1. The van der Waals surface area contributed by atoms with Gasteiger partial charge >= 0.3 is 0 Å². The lowest BCUT2D eigenvalue weighted by atomic mass is 9.99. The monoisotopic (exact) mass is 406 g/mol. The second-order valence-electron chi connectivity index (χ2n) is 5.55. The van der Waals surface area contributed by atoms with Gasteiger partial charge in [-0.1, -0.05) is 0 Å². The summed E-state index contributed by atoms with van der Waals surface area (Å²) in [5, 5.41) is 26.0. The van der Waals surface area contributed by atoms with E-state index in [1.165, 1.54) is 23.1 Å². The molecule has 138 valence electrons. The van der Waals surface area contributed by atoms with Crippen molar-refractivity contribution < 1.29 is 4.79 Å². The molecule has 0 spiro atoms. The predicted octanol–water partition coefficient (Wildman–Crippen LogP) is 3.65. The summed E-state index contributed by atoms with van der Waals surface area (Å²) >= 11 is 2.73. The summed E-state index contributed by atoms with van der Waals surface area (Å²) in [7, 11) is 0. The van der Waals surface area contributed by atoms with Gasteiger partial charge in [0.15, 0.2) is 0 Å². The fourth-order valence-electron chi connectivity index (χ4n) is 2.50. The topological polar surface area (TPSA) is 128 Å². The van der Waals surface area contributed by atoms with Gasteiger partial charge in [0, 0.05) is 35.8 Å². The van der Waals surface area contributed by atoms with Crippen LogP contribution in [0.3, 0.4) is 0 Å². The molecule has 3 aromatic rings. The van der Waals surface area contributed by atoms with Crippen LogP contribution < -0.4 is 11.1 Å². The Balaban J connectivity index is 1.78. The zero-order valence-corrected chi connectivity index (χ0v) is 16.2. The molecule has 0 aliphatic heterocycles. The zero-order chi connectivity index (χ0) is 19.9. The second kappa shape index (κ2) is 9.00. The fraction of sp³-hybridized carbons (Fsp3) is 0.105. The molecule has 3 aromatic heterocycles. The van der Waals surface area contributed by atoms with E-state index in [2.05, 4.69) is 21.4 Å². The number of nitrogens with two attached hydrogens (primary N) is 1. The van der Waals surface area contributed by atoms with Crippen LogP contribution in [0.4, 0.5) is 11.5 Å². The zero-order valence-electron chi connectivity index (χ0n) is 14.5. The van der Waals surface area contributed by atoms with Gasteiger partial charge in [-0.25, -0.2) is 4.98 Å². The molecule has 0 aromatic carbocycles. The van der Waals surface area contributed by atoms with Crippen LogP contribution in [0.15, 0.2) is 46.4 Å². The molecule has 0 unspecified atom stereocenters. The highest BCUT2D eigenvalue weighted by Gasteiger charge is 2.20. The van der Waals surface area contributed by atoms with Crippen molar-refractivity contribution in [1.82, 2.24) is 9.97 Å². The quantitative estimate of drug-likeness (QED) is 0.598. The van der Waals surface area contributed by atoms with E-state index in [1.54, 1.807) is 24.5 Å². The van der Waals surface area contributed by atoms with Crippen LogP contribution in [0.2, 0.25) is 0 Å². The molecule has 3 heterocycles. The lowest BCUT2D eigenvalue weighted by Gasteiger charge is -2.12. The molecule has 0 bridgehead atoms. The Morgan fingerprint density at radius 2 is 1.96 bits per heavy atom. The number of nitrogen functional groups attached to an aromatic ring is 1. The van der Waals surface area contributed by atoms with Gasteiger partial charge < -0.3 is 11.1 Å². The van der Waals surface area contributed by atoms with Crippen LogP contribution in [0.5, 0.6) is 0 Å². The third-order valence-electron chi connectivity index (χ3n) is 3.76. The van der Waals surface area contributed by atoms with Crippen molar-refractivity contribution >= 4 is 40.5 Å². The maximum Gasteiger partial charge on any atom is 0.225 e. The van der Waals surface area contributed by atoms with Gasteiger partial charge in [0.25, 0.3) is 0 Å². The number of amides is 1. The minimum absolute atomic E-state index is 0.0754. The molecule has 1 amide bonds. The summed E-state index contributed by atoms with van der Waals surface area (Å²) in [5.41, 5.74) is 8.35. The summed E-state index contributed by atoms with van der Waals surface area (Å²) < 4.78 is 0. The molecule has 7 nitrogen and oxygen atoms in total. The Hall–Kier alpha value is -3.40. The first-order valence-electron chi connectivity index (χ1n) is 8.13. The largest absolute Gasteiger partial charge is 0.383 e. The summed E-state index contributed by atoms with van der Waals surface area (Å²) in [5.74, 6) is 0.329. The van der Waals surface area contributed by atoms with E-state index in [4.69, 9.17) is 5.73 Å². The lowest BCUT2D eigenvalue weighted by molar-refractivity contribution is -0.115. The van der Waals surface area contributed by atoms with Gasteiger partial charge in [0.05, 0.1) is 5.56 Å². The van der Waals surface area contributed by atoms with Crippen molar-refractivity contribution in [2.45, 2.75) is 11.4 Å². The number of hydrogen-bond acceptors (Lipinski definition) is 8. The van der Waals surface area contributed by atoms with E-state index >= 15 is 0 Å². The highest BCUT2D eigenvalue weighted by atomic mass is 32.2. The molecule has 0 atom stereocenters. The number of nitriles is 2. The van der Waals surface area contributed by atoms with Crippen molar-refractivity contribution in [3.63, 3.8) is 0 Å². The summed E-state index contributed by atoms with van der Waals surface area (Å²) in [6.07, 6.45) is 3.42. The standard InChI is InChI=1S/C19H14N6OS2/c20-9-14-17(12-3-7-27-11-12)15(10-21)19(25-18(14)22)28-8-4-16(26)24-13-1-5-23-6-2-13/h1-3,5-7,11H,4,8H2,(H2,22,25)(H,23,24,26). The van der Waals surface area contributed by atoms with E-state index in [-0.39, 0.29) is 23.7 Å². The van der Waals surface area contributed by atoms with Crippen molar-refractivity contribution in [2.24, 2.45) is 0 Å². The molecule has 9 heteroatoms. The first-order chi connectivity index (χ1) is 13.6. The molecule has 0 fully saturated rings. The number of nitrogens with zero attached hydrogens (tertiary/aromatic N) is 4. The number of hydrogen-bond donors (Lipinski definition) is 2. The SMILES string of the molecule is N#Cc1c(N)nc(SCCC(=O)Nc2ccncc2)c(C#N)c1-c1ccsc1. The summed E-state index contributed by atoms with van der Waals surface area (Å²) in [6, 6.07) is 9.42. The maximum absolute atomic E-state index is 12.1. The molecular weight excluding hydrogens is 392 g/mol. The normalized spacial score (nSPS) is 10.1. The second-order valence-corrected chi connectivity index (χ2v) is 7.41. The average Bonchev–Trinajstić information content (AvgIpc) is 3.22. The van der Waals surface area contributed by atoms with E-state index in [0.29, 0.717) is 27.6 Å². The van der Waals surface area contributed by atoms with Crippen molar-refractivity contribution in [3.05, 3.63) is 52.5 Å². The molecule has 28 heavy (non-hydrogen) atoms. The van der Waals surface area contributed by atoms with Crippen molar-refractivity contribution in [1.29, 1.82) is 10.5 Å². The van der Waals surface area contributed by atoms with Gasteiger partial charge in [-0.15, -0.1) is 11.8 Å². The van der Waals surface area contributed by atoms with Crippen LogP contribution >= 0.6 is 23.1 Å². The Kier molecular flexibility index (Phi) is 6.22. The minimum Gasteiger partial charge on any atom is -0.383 e.